The van der Waals surface area contributed by atoms with E-state index in [0.29, 0.717) is 22.7 Å². The van der Waals surface area contributed by atoms with E-state index in [0.717, 1.165) is 22.1 Å². The second-order valence-electron chi connectivity index (χ2n) is 6.04. The normalized spacial score (nSPS) is 11.0. The van der Waals surface area contributed by atoms with E-state index >= 15 is 0 Å². The molecule has 5 nitrogen and oxygen atoms in total. The molecule has 0 radical (unpaired) electrons. The first-order chi connectivity index (χ1) is 12.6. The van der Waals surface area contributed by atoms with Crippen molar-refractivity contribution in [1.29, 1.82) is 0 Å². The van der Waals surface area contributed by atoms with E-state index in [2.05, 4.69) is 10.4 Å². The molecule has 0 fully saturated rings. The van der Waals surface area contributed by atoms with Crippen LogP contribution in [0, 0.1) is 0 Å². The lowest BCUT2D eigenvalue weighted by Crippen LogP contribution is -2.22. The third kappa shape index (κ3) is 3.09. The van der Waals surface area contributed by atoms with Gasteiger partial charge in [-0.05, 0) is 35.4 Å². The molecule has 0 atom stereocenters. The lowest BCUT2D eigenvalue weighted by atomic mass is 10.0. The van der Waals surface area contributed by atoms with Gasteiger partial charge in [0.05, 0.1) is 18.0 Å². The minimum absolute atomic E-state index is 0.192. The Hall–Kier alpha value is -3.05. The summed E-state index contributed by atoms with van der Waals surface area (Å²) in [6, 6.07) is 13.0. The zero-order chi connectivity index (χ0) is 18.1. The monoisotopic (exact) mass is 365 g/mol. The number of hydrogen-bond donors (Lipinski definition) is 1. The van der Waals surface area contributed by atoms with Crippen LogP contribution in [0.15, 0.2) is 65.5 Å². The van der Waals surface area contributed by atoms with Gasteiger partial charge in [0.1, 0.15) is 5.58 Å². The Morgan fingerprint density at radius 2 is 2.15 bits per heavy atom. The zero-order valence-electron chi connectivity index (χ0n) is 14.1. The first-order valence-corrected chi connectivity index (χ1v) is 8.51. The number of carbonyl (C=O) groups excluding carboxylic acids is 1. The third-order valence-electron chi connectivity index (χ3n) is 4.22. The van der Waals surface area contributed by atoms with Crippen LogP contribution in [0.4, 0.5) is 0 Å². The SMILES string of the molecule is Cn1cc(-c2ccc(C(=O)NCc3cccc(Cl)c3)c3occc23)cn1. The molecule has 130 valence electrons. The molecule has 0 aliphatic carbocycles. The van der Waals surface area contributed by atoms with E-state index < -0.39 is 0 Å². The predicted octanol–water partition coefficient (Wildman–Crippen LogP) is 4.42. The van der Waals surface area contributed by atoms with Gasteiger partial charge in [0.25, 0.3) is 5.91 Å². The minimum Gasteiger partial charge on any atom is -0.463 e. The number of benzene rings is 2. The number of fused-ring (bicyclic) bond motifs is 1. The topological polar surface area (TPSA) is 60.1 Å². The van der Waals surface area contributed by atoms with Crippen molar-refractivity contribution in [2.45, 2.75) is 6.54 Å². The van der Waals surface area contributed by atoms with Crippen LogP contribution in [0.5, 0.6) is 0 Å². The molecule has 26 heavy (non-hydrogen) atoms. The number of hydrogen-bond acceptors (Lipinski definition) is 3. The Morgan fingerprint density at radius 1 is 1.27 bits per heavy atom. The number of rotatable bonds is 4. The fraction of sp³-hybridized carbons (Fsp3) is 0.100. The van der Waals surface area contributed by atoms with Gasteiger partial charge in [0, 0.05) is 35.8 Å². The molecule has 0 saturated carbocycles. The largest absolute Gasteiger partial charge is 0.463 e. The molecule has 0 unspecified atom stereocenters. The Labute approximate surface area is 155 Å². The maximum absolute atomic E-state index is 12.6. The van der Waals surface area contributed by atoms with Crippen molar-refractivity contribution < 1.29 is 9.21 Å². The molecule has 0 spiro atoms. The smallest absolute Gasteiger partial charge is 0.255 e. The second-order valence-corrected chi connectivity index (χ2v) is 6.48. The van der Waals surface area contributed by atoms with Gasteiger partial charge in [-0.15, -0.1) is 0 Å². The van der Waals surface area contributed by atoms with Gasteiger partial charge in [-0.3, -0.25) is 9.48 Å². The van der Waals surface area contributed by atoms with Crippen LogP contribution >= 0.6 is 11.6 Å². The van der Waals surface area contributed by atoms with Crippen LogP contribution in [0.25, 0.3) is 22.1 Å². The van der Waals surface area contributed by atoms with Gasteiger partial charge in [0.2, 0.25) is 0 Å². The summed E-state index contributed by atoms with van der Waals surface area (Å²) in [5.74, 6) is -0.192. The van der Waals surface area contributed by atoms with E-state index in [1.807, 2.05) is 43.6 Å². The van der Waals surface area contributed by atoms with Crippen molar-refractivity contribution in [3.05, 3.63) is 77.3 Å². The number of aryl methyl sites for hydroxylation is 1. The molecule has 0 bridgehead atoms. The Bertz CT molecular complexity index is 1100. The van der Waals surface area contributed by atoms with Crippen molar-refractivity contribution in [3.63, 3.8) is 0 Å². The molecule has 0 aliphatic rings. The molecule has 1 N–H and O–H groups in total. The summed E-state index contributed by atoms with van der Waals surface area (Å²) in [6.07, 6.45) is 5.32. The highest BCUT2D eigenvalue weighted by molar-refractivity contribution is 6.30. The predicted molar refractivity (Wildman–Crippen MR) is 101 cm³/mol. The highest BCUT2D eigenvalue weighted by Gasteiger charge is 2.16. The van der Waals surface area contributed by atoms with Crippen LogP contribution in [0.1, 0.15) is 15.9 Å². The van der Waals surface area contributed by atoms with Crippen molar-refractivity contribution in [3.8, 4) is 11.1 Å². The summed E-state index contributed by atoms with van der Waals surface area (Å²) in [5, 5.41) is 8.65. The van der Waals surface area contributed by atoms with Crippen molar-refractivity contribution in [2.24, 2.45) is 7.05 Å². The third-order valence-corrected chi connectivity index (χ3v) is 4.45. The number of nitrogens with zero attached hydrogens (tertiary/aromatic N) is 2. The molecule has 2 heterocycles. The van der Waals surface area contributed by atoms with E-state index in [9.17, 15) is 4.79 Å². The standard InChI is InChI=1S/C20H16ClN3O2/c1-24-12-14(11-23-24)16-5-6-18(19-17(16)7-8-26-19)20(25)22-10-13-3-2-4-15(21)9-13/h2-9,11-12H,10H2,1H3,(H,22,25). The number of halogens is 1. The Kier molecular flexibility index (Phi) is 4.22. The van der Waals surface area contributed by atoms with Crippen LogP contribution in [-0.4, -0.2) is 15.7 Å². The Balaban J connectivity index is 1.63. The summed E-state index contributed by atoms with van der Waals surface area (Å²) in [5.41, 5.74) is 3.96. The number of furan rings is 1. The van der Waals surface area contributed by atoms with Gasteiger partial charge < -0.3 is 9.73 Å². The molecule has 0 aliphatic heterocycles. The lowest BCUT2D eigenvalue weighted by molar-refractivity contribution is 0.0951. The number of nitrogens with one attached hydrogen (secondary N) is 1. The highest BCUT2D eigenvalue weighted by Crippen LogP contribution is 2.31. The van der Waals surface area contributed by atoms with E-state index in [1.54, 1.807) is 29.3 Å². The number of amides is 1. The molecule has 6 heteroatoms. The quantitative estimate of drug-likeness (QED) is 0.582. The maximum Gasteiger partial charge on any atom is 0.255 e. The van der Waals surface area contributed by atoms with Gasteiger partial charge >= 0.3 is 0 Å². The summed E-state index contributed by atoms with van der Waals surface area (Å²) >= 11 is 5.98. The molecule has 0 saturated heterocycles. The van der Waals surface area contributed by atoms with Crippen molar-refractivity contribution in [1.82, 2.24) is 15.1 Å². The van der Waals surface area contributed by atoms with E-state index in [4.69, 9.17) is 16.0 Å². The molecule has 2 aromatic heterocycles. The first-order valence-electron chi connectivity index (χ1n) is 8.14. The maximum atomic E-state index is 12.6. The molecule has 1 amide bonds. The van der Waals surface area contributed by atoms with Crippen LogP contribution in [0.3, 0.4) is 0 Å². The number of carbonyl (C=O) groups is 1. The average molecular weight is 366 g/mol. The summed E-state index contributed by atoms with van der Waals surface area (Å²) in [6.45, 7) is 0.395. The van der Waals surface area contributed by atoms with Gasteiger partial charge in [-0.2, -0.15) is 5.10 Å². The first kappa shape index (κ1) is 16.4. The summed E-state index contributed by atoms with van der Waals surface area (Å²) in [4.78, 5) is 12.6. The van der Waals surface area contributed by atoms with Gasteiger partial charge in [-0.25, -0.2) is 0 Å². The number of aromatic nitrogens is 2. The molecule has 2 aromatic carbocycles. The van der Waals surface area contributed by atoms with Crippen molar-refractivity contribution in [2.75, 3.05) is 0 Å². The summed E-state index contributed by atoms with van der Waals surface area (Å²) < 4.78 is 7.34. The lowest BCUT2D eigenvalue weighted by Gasteiger charge is -2.08. The van der Waals surface area contributed by atoms with Gasteiger partial charge in [0.15, 0.2) is 0 Å². The fourth-order valence-electron chi connectivity index (χ4n) is 2.98. The molecular weight excluding hydrogens is 350 g/mol. The fourth-order valence-corrected chi connectivity index (χ4v) is 3.19. The van der Waals surface area contributed by atoms with Crippen LogP contribution < -0.4 is 5.32 Å². The van der Waals surface area contributed by atoms with E-state index in [-0.39, 0.29) is 5.91 Å². The molecular formula is C20H16ClN3O2. The summed E-state index contributed by atoms with van der Waals surface area (Å²) in [7, 11) is 1.87. The zero-order valence-corrected chi connectivity index (χ0v) is 14.8. The molecule has 4 aromatic rings. The van der Waals surface area contributed by atoms with E-state index in [1.165, 1.54) is 0 Å². The highest BCUT2D eigenvalue weighted by atomic mass is 35.5. The minimum atomic E-state index is -0.192. The van der Waals surface area contributed by atoms with Crippen molar-refractivity contribution >= 4 is 28.5 Å². The van der Waals surface area contributed by atoms with Crippen LogP contribution in [-0.2, 0) is 13.6 Å². The second kappa shape index (κ2) is 6.69. The van der Waals surface area contributed by atoms with Crippen LogP contribution in [0.2, 0.25) is 5.02 Å². The molecule has 4 rings (SSSR count). The Morgan fingerprint density at radius 3 is 2.92 bits per heavy atom. The average Bonchev–Trinajstić information content (AvgIpc) is 3.28. The van der Waals surface area contributed by atoms with Gasteiger partial charge in [-0.1, -0.05) is 29.8 Å².